The second-order valence-electron chi connectivity index (χ2n) is 5.42. The van der Waals surface area contributed by atoms with Crippen molar-refractivity contribution in [1.29, 1.82) is 0 Å². The highest BCUT2D eigenvalue weighted by molar-refractivity contribution is 5.51. The summed E-state index contributed by atoms with van der Waals surface area (Å²) in [4.78, 5) is 7.14. The van der Waals surface area contributed by atoms with Crippen LogP contribution in [-0.4, -0.2) is 18.1 Å². The van der Waals surface area contributed by atoms with Crippen LogP contribution in [0.5, 0.6) is 0 Å². The minimum Gasteiger partial charge on any atom is -0.356 e. The molecule has 100 valence electrons. The van der Waals surface area contributed by atoms with E-state index < -0.39 is 0 Å². The molecule has 1 aliphatic carbocycles. The summed E-state index contributed by atoms with van der Waals surface area (Å²) in [5.74, 6) is 1.97. The van der Waals surface area contributed by atoms with Gasteiger partial charge in [0.1, 0.15) is 5.82 Å². The number of nitrogens with two attached hydrogens (primary N) is 1. The number of anilines is 1. The molecule has 1 heterocycles. The van der Waals surface area contributed by atoms with Gasteiger partial charge in [0.25, 0.3) is 0 Å². The van der Waals surface area contributed by atoms with Crippen LogP contribution < -0.4 is 10.6 Å². The Kier molecular flexibility index (Phi) is 4.23. The molecule has 1 aromatic rings. The van der Waals surface area contributed by atoms with E-state index in [-0.39, 0.29) is 0 Å². The zero-order valence-corrected chi connectivity index (χ0v) is 11.9. The van der Waals surface area contributed by atoms with Crippen molar-refractivity contribution in [3.8, 4) is 0 Å². The lowest BCUT2D eigenvalue weighted by atomic mass is 9.85. The Morgan fingerprint density at radius 2 is 2.11 bits per heavy atom. The second-order valence-corrected chi connectivity index (χ2v) is 5.42. The molecule has 0 radical (unpaired) electrons. The van der Waals surface area contributed by atoms with E-state index in [1.54, 1.807) is 0 Å². The molecule has 0 amide bonds. The molecule has 0 unspecified atom stereocenters. The van der Waals surface area contributed by atoms with E-state index in [1.807, 2.05) is 0 Å². The van der Waals surface area contributed by atoms with Gasteiger partial charge in [0.15, 0.2) is 0 Å². The molecular weight excluding hydrogens is 222 g/mol. The highest BCUT2D eigenvalue weighted by atomic mass is 15.2. The SMILES string of the molecule is CCN(CC1CCC1)c1nc(C)cc(C)c1CN. The summed E-state index contributed by atoms with van der Waals surface area (Å²) in [7, 11) is 0. The van der Waals surface area contributed by atoms with Gasteiger partial charge in [-0.2, -0.15) is 0 Å². The Labute approximate surface area is 110 Å². The van der Waals surface area contributed by atoms with Crippen LogP contribution in [0.25, 0.3) is 0 Å². The van der Waals surface area contributed by atoms with Gasteiger partial charge in [-0.25, -0.2) is 4.98 Å². The van der Waals surface area contributed by atoms with Gasteiger partial charge in [0.2, 0.25) is 0 Å². The van der Waals surface area contributed by atoms with Crippen LogP contribution in [0, 0.1) is 19.8 Å². The van der Waals surface area contributed by atoms with Crippen LogP contribution in [0.4, 0.5) is 5.82 Å². The number of aromatic nitrogens is 1. The van der Waals surface area contributed by atoms with Crippen LogP contribution in [0.2, 0.25) is 0 Å². The highest BCUT2D eigenvalue weighted by Crippen LogP contribution is 2.30. The monoisotopic (exact) mass is 247 g/mol. The molecule has 0 bridgehead atoms. The molecule has 1 saturated carbocycles. The molecular formula is C15H25N3. The van der Waals surface area contributed by atoms with Crippen LogP contribution in [0.3, 0.4) is 0 Å². The van der Waals surface area contributed by atoms with Crippen molar-refractivity contribution < 1.29 is 0 Å². The topological polar surface area (TPSA) is 42.2 Å². The summed E-state index contributed by atoms with van der Waals surface area (Å²) >= 11 is 0. The third kappa shape index (κ3) is 2.66. The molecule has 0 saturated heterocycles. The summed E-state index contributed by atoms with van der Waals surface area (Å²) in [6.07, 6.45) is 4.14. The van der Waals surface area contributed by atoms with Gasteiger partial charge < -0.3 is 10.6 Å². The standard InChI is InChI=1S/C15H25N3/c1-4-18(10-13-6-5-7-13)15-14(9-16)11(2)8-12(3)17-15/h8,13H,4-7,9-10,16H2,1-3H3. The average molecular weight is 247 g/mol. The fourth-order valence-electron chi connectivity index (χ4n) is 2.71. The van der Waals surface area contributed by atoms with Crippen molar-refractivity contribution in [2.75, 3.05) is 18.0 Å². The molecule has 0 aromatic carbocycles. The van der Waals surface area contributed by atoms with Gasteiger partial charge in [-0.05, 0) is 51.2 Å². The molecule has 18 heavy (non-hydrogen) atoms. The number of hydrogen-bond donors (Lipinski definition) is 1. The summed E-state index contributed by atoms with van der Waals surface area (Å²) in [5, 5.41) is 0. The Balaban J connectivity index is 2.27. The van der Waals surface area contributed by atoms with E-state index >= 15 is 0 Å². The molecule has 1 fully saturated rings. The van der Waals surface area contributed by atoms with Crippen LogP contribution in [0.1, 0.15) is 43.0 Å². The largest absolute Gasteiger partial charge is 0.356 e. The first-order valence-corrected chi connectivity index (χ1v) is 7.07. The maximum absolute atomic E-state index is 5.90. The number of hydrogen-bond acceptors (Lipinski definition) is 3. The normalized spacial score (nSPS) is 15.6. The molecule has 2 N–H and O–H groups in total. The van der Waals surface area contributed by atoms with Gasteiger partial charge in [-0.15, -0.1) is 0 Å². The van der Waals surface area contributed by atoms with Crippen molar-refractivity contribution in [2.45, 2.75) is 46.6 Å². The van der Waals surface area contributed by atoms with Gasteiger partial charge in [0.05, 0.1) is 0 Å². The number of pyridine rings is 1. The Morgan fingerprint density at radius 3 is 2.61 bits per heavy atom. The molecule has 3 nitrogen and oxygen atoms in total. The van der Waals surface area contributed by atoms with E-state index in [0.29, 0.717) is 6.54 Å². The second kappa shape index (κ2) is 5.70. The minimum absolute atomic E-state index is 0.579. The van der Waals surface area contributed by atoms with E-state index in [4.69, 9.17) is 10.7 Å². The number of nitrogens with zero attached hydrogens (tertiary/aromatic N) is 2. The Morgan fingerprint density at radius 1 is 1.39 bits per heavy atom. The zero-order chi connectivity index (χ0) is 13.1. The first kappa shape index (κ1) is 13.3. The maximum Gasteiger partial charge on any atom is 0.133 e. The third-order valence-electron chi connectivity index (χ3n) is 4.04. The first-order chi connectivity index (χ1) is 8.65. The van der Waals surface area contributed by atoms with Gasteiger partial charge in [-0.3, -0.25) is 0 Å². The van der Waals surface area contributed by atoms with Gasteiger partial charge in [0, 0.05) is 30.9 Å². The van der Waals surface area contributed by atoms with Crippen LogP contribution in [0.15, 0.2) is 6.07 Å². The van der Waals surface area contributed by atoms with Crippen molar-refractivity contribution in [3.05, 3.63) is 22.9 Å². The summed E-state index contributed by atoms with van der Waals surface area (Å²) < 4.78 is 0. The quantitative estimate of drug-likeness (QED) is 0.870. The predicted molar refractivity (Wildman–Crippen MR) is 76.8 cm³/mol. The highest BCUT2D eigenvalue weighted by Gasteiger charge is 2.22. The van der Waals surface area contributed by atoms with E-state index in [2.05, 4.69) is 31.7 Å². The summed E-state index contributed by atoms with van der Waals surface area (Å²) in [5.41, 5.74) is 9.47. The molecule has 1 aromatic heterocycles. The van der Waals surface area contributed by atoms with E-state index in [0.717, 1.165) is 30.5 Å². The fourth-order valence-corrected chi connectivity index (χ4v) is 2.71. The van der Waals surface area contributed by atoms with Crippen molar-refractivity contribution >= 4 is 5.82 Å². The van der Waals surface area contributed by atoms with Crippen molar-refractivity contribution in [1.82, 2.24) is 4.98 Å². The third-order valence-corrected chi connectivity index (χ3v) is 4.04. The van der Waals surface area contributed by atoms with Crippen LogP contribution in [-0.2, 0) is 6.54 Å². The predicted octanol–water partition coefficient (Wildman–Crippen LogP) is 2.78. The number of rotatable bonds is 5. The lowest BCUT2D eigenvalue weighted by Gasteiger charge is -2.33. The maximum atomic E-state index is 5.90. The van der Waals surface area contributed by atoms with E-state index in [9.17, 15) is 0 Å². The van der Waals surface area contributed by atoms with E-state index in [1.165, 1.54) is 30.4 Å². The number of aryl methyl sites for hydroxylation is 2. The molecule has 0 atom stereocenters. The Hall–Kier alpha value is -1.09. The molecule has 0 aliphatic heterocycles. The van der Waals surface area contributed by atoms with Crippen molar-refractivity contribution in [2.24, 2.45) is 11.7 Å². The lowest BCUT2D eigenvalue weighted by molar-refractivity contribution is 0.318. The van der Waals surface area contributed by atoms with Crippen LogP contribution >= 0.6 is 0 Å². The zero-order valence-electron chi connectivity index (χ0n) is 11.9. The Bertz CT molecular complexity index is 410. The molecule has 1 aliphatic rings. The lowest BCUT2D eigenvalue weighted by Crippen LogP contribution is -2.34. The molecule has 2 rings (SSSR count). The van der Waals surface area contributed by atoms with Gasteiger partial charge >= 0.3 is 0 Å². The smallest absolute Gasteiger partial charge is 0.133 e. The molecule has 0 spiro atoms. The van der Waals surface area contributed by atoms with Crippen molar-refractivity contribution in [3.63, 3.8) is 0 Å². The average Bonchev–Trinajstić information content (AvgIpc) is 2.27. The molecule has 3 heteroatoms. The summed E-state index contributed by atoms with van der Waals surface area (Å²) in [6.45, 7) is 9.14. The first-order valence-electron chi connectivity index (χ1n) is 7.07. The van der Waals surface area contributed by atoms with Gasteiger partial charge in [-0.1, -0.05) is 6.42 Å². The minimum atomic E-state index is 0.579. The summed E-state index contributed by atoms with van der Waals surface area (Å²) in [6, 6.07) is 2.13. The fraction of sp³-hybridized carbons (Fsp3) is 0.667.